The van der Waals surface area contributed by atoms with Gasteiger partial charge in [-0.3, -0.25) is 4.79 Å². The summed E-state index contributed by atoms with van der Waals surface area (Å²) >= 11 is 0. The third-order valence-corrected chi connectivity index (χ3v) is 2.36. The first-order valence-corrected chi connectivity index (χ1v) is 4.25. The molecular formula is C9H19NO3. The Morgan fingerprint density at radius 2 is 1.92 bits per heavy atom. The van der Waals surface area contributed by atoms with Gasteiger partial charge in [0.2, 0.25) is 0 Å². The van der Waals surface area contributed by atoms with Crippen molar-refractivity contribution in [1.29, 1.82) is 0 Å². The standard InChI is InChI=1S/C9H19NO3/c1-8(2,13-5)6-9(3,10-4)7(11)12/h10H,6H2,1-5H3,(H,11,12). The molecule has 78 valence electrons. The van der Waals surface area contributed by atoms with E-state index in [1.165, 1.54) is 0 Å². The van der Waals surface area contributed by atoms with Crippen molar-refractivity contribution >= 4 is 5.97 Å². The molecule has 0 saturated carbocycles. The third-order valence-electron chi connectivity index (χ3n) is 2.36. The van der Waals surface area contributed by atoms with Gasteiger partial charge in [0.15, 0.2) is 0 Å². The fraction of sp³-hybridized carbons (Fsp3) is 0.889. The first-order chi connectivity index (χ1) is 5.77. The van der Waals surface area contributed by atoms with Crippen LogP contribution in [0.1, 0.15) is 27.2 Å². The van der Waals surface area contributed by atoms with E-state index >= 15 is 0 Å². The molecule has 2 N–H and O–H groups in total. The van der Waals surface area contributed by atoms with E-state index in [1.54, 1.807) is 21.1 Å². The molecule has 1 unspecified atom stereocenters. The number of nitrogens with one attached hydrogen (secondary N) is 1. The second kappa shape index (κ2) is 4.07. The van der Waals surface area contributed by atoms with E-state index in [0.29, 0.717) is 6.42 Å². The molecule has 0 rings (SSSR count). The summed E-state index contributed by atoms with van der Waals surface area (Å²) < 4.78 is 5.18. The van der Waals surface area contributed by atoms with Crippen molar-refractivity contribution in [3.8, 4) is 0 Å². The Hall–Kier alpha value is -0.610. The first-order valence-electron chi connectivity index (χ1n) is 4.25. The topological polar surface area (TPSA) is 58.6 Å². The molecule has 0 radical (unpaired) electrons. The second-order valence-electron chi connectivity index (χ2n) is 4.03. The summed E-state index contributed by atoms with van der Waals surface area (Å²) in [4.78, 5) is 10.9. The highest BCUT2D eigenvalue weighted by Crippen LogP contribution is 2.22. The minimum absolute atomic E-state index is 0.419. The van der Waals surface area contributed by atoms with Gasteiger partial charge < -0.3 is 15.2 Å². The van der Waals surface area contributed by atoms with E-state index in [1.807, 2.05) is 13.8 Å². The van der Waals surface area contributed by atoms with Crippen molar-refractivity contribution in [3.05, 3.63) is 0 Å². The lowest BCUT2D eigenvalue weighted by molar-refractivity contribution is -0.147. The Morgan fingerprint density at radius 3 is 2.15 bits per heavy atom. The van der Waals surface area contributed by atoms with Crippen LogP contribution in [-0.2, 0) is 9.53 Å². The molecule has 0 aromatic rings. The normalized spacial score (nSPS) is 16.7. The molecule has 0 aliphatic rings. The fourth-order valence-electron chi connectivity index (χ4n) is 1.19. The number of aliphatic carboxylic acids is 1. The van der Waals surface area contributed by atoms with Gasteiger partial charge in [0.05, 0.1) is 5.60 Å². The van der Waals surface area contributed by atoms with Crippen LogP contribution in [0.2, 0.25) is 0 Å². The monoisotopic (exact) mass is 189 g/mol. The summed E-state index contributed by atoms with van der Waals surface area (Å²) in [5, 5.41) is 11.8. The lowest BCUT2D eigenvalue weighted by Crippen LogP contribution is -2.52. The Labute approximate surface area is 79.3 Å². The number of hydrogen-bond acceptors (Lipinski definition) is 3. The molecule has 0 spiro atoms. The van der Waals surface area contributed by atoms with E-state index in [-0.39, 0.29) is 0 Å². The number of hydrogen-bond donors (Lipinski definition) is 2. The van der Waals surface area contributed by atoms with Gasteiger partial charge in [-0.1, -0.05) is 0 Å². The molecule has 0 bridgehead atoms. The molecule has 1 atom stereocenters. The smallest absolute Gasteiger partial charge is 0.323 e. The number of carbonyl (C=O) groups is 1. The van der Waals surface area contributed by atoms with Crippen molar-refractivity contribution in [1.82, 2.24) is 5.32 Å². The third kappa shape index (κ3) is 3.32. The largest absolute Gasteiger partial charge is 0.480 e. The summed E-state index contributed by atoms with van der Waals surface area (Å²) in [5.41, 5.74) is -1.37. The zero-order chi connectivity index (χ0) is 10.7. The lowest BCUT2D eigenvalue weighted by atomic mass is 9.88. The van der Waals surface area contributed by atoms with Crippen LogP contribution in [0.5, 0.6) is 0 Å². The van der Waals surface area contributed by atoms with Gasteiger partial charge in [-0.25, -0.2) is 0 Å². The van der Waals surface area contributed by atoms with Gasteiger partial charge in [0.1, 0.15) is 5.54 Å². The summed E-state index contributed by atoms with van der Waals surface area (Å²) in [6.45, 7) is 5.38. The predicted octanol–water partition coefficient (Wildman–Crippen LogP) is 0.864. The van der Waals surface area contributed by atoms with E-state index in [4.69, 9.17) is 9.84 Å². The van der Waals surface area contributed by atoms with E-state index in [2.05, 4.69) is 5.32 Å². The molecule has 13 heavy (non-hydrogen) atoms. The predicted molar refractivity (Wildman–Crippen MR) is 50.8 cm³/mol. The second-order valence-corrected chi connectivity index (χ2v) is 4.03. The van der Waals surface area contributed by atoms with Crippen molar-refractivity contribution in [2.45, 2.75) is 38.3 Å². The van der Waals surface area contributed by atoms with Gasteiger partial charge in [-0.15, -0.1) is 0 Å². The van der Waals surface area contributed by atoms with Gasteiger partial charge in [-0.2, -0.15) is 0 Å². The zero-order valence-corrected chi connectivity index (χ0v) is 8.97. The van der Waals surface area contributed by atoms with Crippen LogP contribution in [0.25, 0.3) is 0 Å². The Bertz CT molecular complexity index is 191. The average Bonchev–Trinajstić information content (AvgIpc) is 2.03. The molecule has 0 aliphatic heterocycles. The molecule has 0 amide bonds. The van der Waals surface area contributed by atoms with E-state index in [9.17, 15) is 4.79 Å². The number of likely N-dealkylation sites (N-methyl/N-ethyl adjacent to an activating group) is 1. The van der Waals surface area contributed by atoms with Crippen LogP contribution in [0.4, 0.5) is 0 Å². The van der Waals surface area contributed by atoms with Crippen LogP contribution in [-0.4, -0.2) is 36.4 Å². The van der Waals surface area contributed by atoms with Gasteiger partial charge in [0.25, 0.3) is 0 Å². The minimum Gasteiger partial charge on any atom is -0.480 e. The Morgan fingerprint density at radius 1 is 1.46 bits per heavy atom. The highest BCUT2D eigenvalue weighted by Gasteiger charge is 2.37. The lowest BCUT2D eigenvalue weighted by Gasteiger charge is -2.33. The summed E-state index contributed by atoms with van der Waals surface area (Å²) in [6, 6.07) is 0. The number of carboxylic acids is 1. The summed E-state index contributed by atoms with van der Waals surface area (Å²) in [7, 11) is 3.22. The first kappa shape index (κ1) is 12.4. The molecule has 0 aromatic carbocycles. The van der Waals surface area contributed by atoms with E-state index in [0.717, 1.165) is 0 Å². The summed E-state index contributed by atoms with van der Waals surface area (Å²) in [6.07, 6.45) is 0.419. The Balaban J connectivity index is 4.54. The molecule has 0 aliphatic carbocycles. The van der Waals surface area contributed by atoms with Gasteiger partial charge >= 0.3 is 5.97 Å². The molecule has 0 fully saturated rings. The van der Waals surface area contributed by atoms with Crippen LogP contribution < -0.4 is 5.32 Å². The van der Waals surface area contributed by atoms with Crippen molar-refractivity contribution in [2.24, 2.45) is 0 Å². The van der Waals surface area contributed by atoms with Crippen LogP contribution in [0, 0.1) is 0 Å². The maximum Gasteiger partial charge on any atom is 0.323 e. The minimum atomic E-state index is -0.931. The molecular weight excluding hydrogens is 170 g/mol. The molecule has 4 nitrogen and oxygen atoms in total. The number of ether oxygens (including phenoxy) is 1. The SMILES string of the molecule is CNC(C)(CC(C)(C)OC)C(=O)O. The highest BCUT2D eigenvalue weighted by molar-refractivity contribution is 5.78. The van der Waals surface area contributed by atoms with Crippen LogP contribution in [0.15, 0.2) is 0 Å². The van der Waals surface area contributed by atoms with Gasteiger partial charge in [0, 0.05) is 13.5 Å². The maximum atomic E-state index is 10.9. The molecule has 0 heterocycles. The number of carboxylic acid groups (broad SMARTS) is 1. The van der Waals surface area contributed by atoms with Crippen LogP contribution in [0.3, 0.4) is 0 Å². The zero-order valence-electron chi connectivity index (χ0n) is 8.97. The van der Waals surface area contributed by atoms with Crippen LogP contribution >= 0.6 is 0 Å². The van der Waals surface area contributed by atoms with Crippen molar-refractivity contribution in [2.75, 3.05) is 14.2 Å². The molecule has 0 aromatic heterocycles. The van der Waals surface area contributed by atoms with E-state index < -0.39 is 17.1 Å². The number of methoxy groups -OCH3 is 1. The Kier molecular flexibility index (Phi) is 3.88. The molecule has 0 saturated heterocycles. The van der Waals surface area contributed by atoms with Gasteiger partial charge in [-0.05, 0) is 27.8 Å². The fourth-order valence-corrected chi connectivity index (χ4v) is 1.19. The van der Waals surface area contributed by atoms with Crippen molar-refractivity contribution in [3.63, 3.8) is 0 Å². The van der Waals surface area contributed by atoms with Crippen molar-refractivity contribution < 1.29 is 14.6 Å². The number of rotatable bonds is 5. The maximum absolute atomic E-state index is 10.9. The molecule has 4 heteroatoms. The average molecular weight is 189 g/mol. The quantitative estimate of drug-likeness (QED) is 0.673. The summed E-state index contributed by atoms with van der Waals surface area (Å²) in [5.74, 6) is -0.861. The highest BCUT2D eigenvalue weighted by atomic mass is 16.5.